The predicted octanol–water partition coefficient (Wildman–Crippen LogP) is 4.03. The van der Waals surface area contributed by atoms with Crippen molar-refractivity contribution in [3.05, 3.63) is 54.4 Å². The van der Waals surface area contributed by atoms with E-state index >= 15 is 0 Å². The summed E-state index contributed by atoms with van der Waals surface area (Å²) < 4.78 is 0. The van der Waals surface area contributed by atoms with Crippen molar-refractivity contribution >= 4 is 11.8 Å². The summed E-state index contributed by atoms with van der Waals surface area (Å²) in [6.07, 6.45) is 5.86. The molecular weight excluding hydrogens is 374 g/mol. The van der Waals surface area contributed by atoms with Crippen LogP contribution >= 0.6 is 0 Å². The number of carbonyl (C=O) groups is 2. The van der Waals surface area contributed by atoms with E-state index in [1.54, 1.807) is 25.2 Å². The highest BCUT2D eigenvalue weighted by Gasteiger charge is 2.45. The van der Waals surface area contributed by atoms with Gasteiger partial charge in [0.1, 0.15) is 0 Å². The summed E-state index contributed by atoms with van der Waals surface area (Å²) >= 11 is 0. The minimum absolute atomic E-state index is 0.0979. The van der Waals surface area contributed by atoms with Crippen LogP contribution in [0.2, 0.25) is 0 Å². The molecule has 2 amide bonds. The minimum atomic E-state index is -0.601. The second-order valence-corrected chi connectivity index (χ2v) is 9.68. The Bertz CT molecular complexity index is 902. The summed E-state index contributed by atoms with van der Waals surface area (Å²) in [4.78, 5) is 34.2. The zero-order valence-electron chi connectivity index (χ0n) is 18.8. The van der Waals surface area contributed by atoms with Crippen LogP contribution in [0.15, 0.2) is 48.8 Å². The van der Waals surface area contributed by atoms with Gasteiger partial charge in [-0.25, -0.2) is 0 Å². The van der Waals surface area contributed by atoms with Crippen LogP contribution in [0.4, 0.5) is 0 Å². The quantitative estimate of drug-likeness (QED) is 0.769. The van der Waals surface area contributed by atoms with Crippen LogP contribution in [0.3, 0.4) is 0 Å². The van der Waals surface area contributed by atoms with Gasteiger partial charge >= 0.3 is 0 Å². The third-order valence-corrected chi connectivity index (χ3v) is 5.83. The molecule has 0 bridgehead atoms. The van der Waals surface area contributed by atoms with E-state index in [0.29, 0.717) is 19.5 Å². The van der Waals surface area contributed by atoms with E-state index in [2.05, 4.69) is 23.2 Å². The maximum Gasteiger partial charge on any atom is 0.230 e. The molecule has 30 heavy (non-hydrogen) atoms. The number of hydrogen-bond acceptors (Lipinski definition) is 3. The van der Waals surface area contributed by atoms with E-state index in [9.17, 15) is 9.59 Å². The van der Waals surface area contributed by atoms with Crippen molar-refractivity contribution in [2.75, 3.05) is 27.2 Å². The first kappa shape index (κ1) is 22.0. The van der Waals surface area contributed by atoms with Crippen molar-refractivity contribution in [2.45, 2.75) is 40.0 Å². The van der Waals surface area contributed by atoms with Crippen LogP contribution < -0.4 is 0 Å². The van der Waals surface area contributed by atoms with Crippen LogP contribution in [0.5, 0.6) is 0 Å². The Morgan fingerprint density at radius 3 is 2.50 bits per heavy atom. The summed E-state index contributed by atoms with van der Waals surface area (Å²) in [7, 11) is 3.61. The first-order valence-corrected chi connectivity index (χ1v) is 10.6. The Kier molecular flexibility index (Phi) is 6.30. The monoisotopic (exact) mass is 407 g/mol. The number of benzene rings is 1. The average molecular weight is 408 g/mol. The van der Waals surface area contributed by atoms with E-state index in [1.165, 1.54) is 0 Å². The molecule has 1 aromatic carbocycles. The van der Waals surface area contributed by atoms with E-state index in [-0.39, 0.29) is 11.8 Å². The zero-order valence-corrected chi connectivity index (χ0v) is 18.8. The van der Waals surface area contributed by atoms with Gasteiger partial charge in [0.25, 0.3) is 0 Å². The van der Waals surface area contributed by atoms with E-state index in [1.807, 2.05) is 50.1 Å². The molecule has 1 saturated heterocycles. The molecule has 2 heterocycles. The third-order valence-electron chi connectivity index (χ3n) is 5.83. The highest BCUT2D eigenvalue weighted by atomic mass is 16.2. The van der Waals surface area contributed by atoms with E-state index < -0.39 is 10.8 Å². The highest BCUT2D eigenvalue weighted by molar-refractivity contribution is 5.86. The largest absolute Gasteiger partial charge is 0.348 e. The van der Waals surface area contributed by atoms with Gasteiger partial charge in [0.05, 0.1) is 5.41 Å². The Morgan fingerprint density at radius 1 is 1.13 bits per heavy atom. The Morgan fingerprint density at radius 2 is 1.87 bits per heavy atom. The third kappa shape index (κ3) is 4.72. The van der Waals surface area contributed by atoms with Crippen LogP contribution in [0.25, 0.3) is 11.1 Å². The Hall–Kier alpha value is -2.69. The SMILES string of the molecule is CN(C)C(=O)[C@]1(Cc2cccc(-c3cccnc3)c2)CCCN(C(=O)C(C)(C)C)C1. The van der Waals surface area contributed by atoms with Gasteiger partial charge in [0.2, 0.25) is 11.8 Å². The molecular formula is C25H33N3O2. The van der Waals surface area contributed by atoms with Crippen molar-refractivity contribution in [2.24, 2.45) is 10.8 Å². The number of pyridine rings is 1. The fourth-order valence-corrected chi connectivity index (χ4v) is 4.43. The summed E-state index contributed by atoms with van der Waals surface area (Å²) in [5.41, 5.74) is 2.20. The molecule has 3 rings (SSSR count). The first-order chi connectivity index (χ1) is 14.1. The van der Waals surface area contributed by atoms with Crippen molar-refractivity contribution in [1.29, 1.82) is 0 Å². The van der Waals surface area contributed by atoms with Gasteiger partial charge in [-0.3, -0.25) is 14.6 Å². The topological polar surface area (TPSA) is 53.5 Å². The molecule has 1 aliphatic heterocycles. The molecule has 160 valence electrons. The van der Waals surface area contributed by atoms with Gasteiger partial charge in [-0.15, -0.1) is 0 Å². The molecule has 2 aromatic rings. The maximum absolute atomic E-state index is 13.4. The number of nitrogens with zero attached hydrogens (tertiary/aromatic N) is 3. The number of likely N-dealkylation sites (tertiary alicyclic amines) is 1. The van der Waals surface area contributed by atoms with Crippen molar-refractivity contribution in [3.8, 4) is 11.1 Å². The molecule has 5 nitrogen and oxygen atoms in total. The summed E-state index contributed by atoms with van der Waals surface area (Å²) in [6, 6.07) is 12.3. The summed E-state index contributed by atoms with van der Waals surface area (Å²) in [5, 5.41) is 0. The highest BCUT2D eigenvalue weighted by Crippen LogP contribution is 2.37. The lowest BCUT2D eigenvalue weighted by Crippen LogP contribution is -2.55. The molecule has 1 aromatic heterocycles. The minimum Gasteiger partial charge on any atom is -0.348 e. The maximum atomic E-state index is 13.4. The fraction of sp³-hybridized carbons (Fsp3) is 0.480. The van der Waals surface area contributed by atoms with Crippen LogP contribution in [-0.4, -0.2) is 53.8 Å². The van der Waals surface area contributed by atoms with Gasteiger partial charge in [-0.2, -0.15) is 0 Å². The molecule has 0 unspecified atom stereocenters. The Balaban J connectivity index is 1.93. The number of carbonyl (C=O) groups excluding carboxylic acids is 2. The molecule has 0 N–H and O–H groups in total. The number of rotatable bonds is 4. The van der Waals surface area contributed by atoms with Crippen molar-refractivity contribution < 1.29 is 9.59 Å². The van der Waals surface area contributed by atoms with E-state index in [4.69, 9.17) is 0 Å². The van der Waals surface area contributed by atoms with Gasteiger partial charge < -0.3 is 9.80 Å². The van der Waals surface area contributed by atoms with Crippen molar-refractivity contribution in [1.82, 2.24) is 14.8 Å². The molecule has 0 spiro atoms. The fourth-order valence-electron chi connectivity index (χ4n) is 4.43. The van der Waals surface area contributed by atoms with Gasteiger partial charge in [0.15, 0.2) is 0 Å². The summed E-state index contributed by atoms with van der Waals surface area (Å²) in [5.74, 6) is 0.211. The number of hydrogen-bond donors (Lipinski definition) is 0. The van der Waals surface area contributed by atoms with Crippen molar-refractivity contribution in [3.63, 3.8) is 0 Å². The molecule has 1 aliphatic rings. The van der Waals surface area contributed by atoms with Crippen LogP contribution in [0.1, 0.15) is 39.2 Å². The lowest BCUT2D eigenvalue weighted by molar-refractivity contribution is -0.150. The van der Waals surface area contributed by atoms with Gasteiger partial charge in [-0.1, -0.05) is 51.1 Å². The van der Waals surface area contributed by atoms with Crippen LogP contribution in [0, 0.1) is 10.8 Å². The van der Waals surface area contributed by atoms with Gasteiger partial charge in [-0.05, 0) is 42.0 Å². The van der Waals surface area contributed by atoms with Crippen LogP contribution in [-0.2, 0) is 16.0 Å². The molecule has 5 heteroatoms. The molecule has 1 atom stereocenters. The number of piperidine rings is 1. The molecule has 1 fully saturated rings. The zero-order chi connectivity index (χ0) is 21.9. The average Bonchev–Trinajstić information content (AvgIpc) is 2.73. The number of amides is 2. The first-order valence-electron chi connectivity index (χ1n) is 10.6. The predicted molar refractivity (Wildman–Crippen MR) is 120 cm³/mol. The second kappa shape index (κ2) is 8.58. The van der Waals surface area contributed by atoms with Gasteiger partial charge in [0, 0.05) is 45.0 Å². The van der Waals surface area contributed by atoms with E-state index in [0.717, 1.165) is 29.5 Å². The molecule has 0 aliphatic carbocycles. The normalized spacial score (nSPS) is 19.4. The molecule has 0 saturated carbocycles. The Labute approximate surface area is 180 Å². The molecule has 0 radical (unpaired) electrons. The number of aromatic nitrogens is 1. The second-order valence-electron chi connectivity index (χ2n) is 9.68. The standard InChI is InChI=1S/C25H33N3O2/c1-24(2,3)22(29)28-14-8-12-25(18-28,23(30)27(4)5)16-19-9-6-10-20(15-19)21-11-7-13-26-17-21/h6-7,9-11,13,15,17H,8,12,14,16,18H2,1-5H3/t25-/m0/s1. The lowest BCUT2D eigenvalue weighted by atomic mass is 9.73. The smallest absolute Gasteiger partial charge is 0.230 e. The lowest BCUT2D eigenvalue weighted by Gasteiger charge is -2.44. The summed E-state index contributed by atoms with van der Waals surface area (Å²) in [6.45, 7) is 7.01.